The zero-order valence-corrected chi connectivity index (χ0v) is 16.0. The van der Waals surface area contributed by atoms with Crippen LogP contribution in [0.15, 0.2) is 24.3 Å². The highest BCUT2D eigenvalue weighted by molar-refractivity contribution is 5.85. The van der Waals surface area contributed by atoms with Crippen molar-refractivity contribution >= 4 is 36.4 Å². The molecular weight excluding hydrogens is 345 g/mol. The summed E-state index contributed by atoms with van der Waals surface area (Å²) in [5.41, 5.74) is 7.87. The average molecular weight is 374 g/mol. The molecule has 0 aliphatic carbocycles. The van der Waals surface area contributed by atoms with Gasteiger partial charge >= 0.3 is 0 Å². The molecule has 0 spiro atoms. The molecule has 4 nitrogen and oxygen atoms in total. The lowest BCUT2D eigenvalue weighted by atomic mass is 10.1. The predicted molar refractivity (Wildman–Crippen MR) is 104 cm³/mol. The van der Waals surface area contributed by atoms with E-state index in [-0.39, 0.29) is 24.8 Å². The summed E-state index contributed by atoms with van der Waals surface area (Å²) in [6.45, 7) is 5.48. The molecule has 1 amide bonds. The molecule has 136 valence electrons. The van der Waals surface area contributed by atoms with E-state index in [2.05, 4.69) is 16.7 Å². The highest BCUT2D eigenvalue weighted by Crippen LogP contribution is 2.31. The molecule has 0 radical (unpaired) electrons. The van der Waals surface area contributed by atoms with Crippen LogP contribution < -0.4 is 5.73 Å². The minimum Gasteiger partial charge on any atom is -0.399 e. The standard InChI is InChI=1S/C18H27N3O.2ClH/c1-2-20-12-11-15-8-9-16(13-20)21(15)18(22)10-7-14-5-3-4-6-17(14)19;;/h3-6,15-16H,2,7-13,19H2,1H3;2*1H. The summed E-state index contributed by atoms with van der Waals surface area (Å²) in [5.74, 6) is 0.314. The van der Waals surface area contributed by atoms with Crippen molar-refractivity contribution in [1.82, 2.24) is 9.80 Å². The number of hydrogen-bond donors (Lipinski definition) is 1. The Bertz CT molecular complexity index is 541. The highest BCUT2D eigenvalue weighted by atomic mass is 35.5. The fourth-order valence-electron chi connectivity index (χ4n) is 3.97. The number of nitrogens with two attached hydrogens (primary N) is 1. The van der Waals surface area contributed by atoms with Crippen molar-refractivity contribution < 1.29 is 4.79 Å². The van der Waals surface area contributed by atoms with Gasteiger partial charge in [0.05, 0.1) is 0 Å². The van der Waals surface area contributed by atoms with Crippen LogP contribution in [0.3, 0.4) is 0 Å². The predicted octanol–water partition coefficient (Wildman–Crippen LogP) is 3.13. The highest BCUT2D eigenvalue weighted by Gasteiger charge is 2.39. The van der Waals surface area contributed by atoms with Crippen molar-refractivity contribution in [2.45, 2.75) is 51.1 Å². The average Bonchev–Trinajstić information content (AvgIpc) is 2.81. The topological polar surface area (TPSA) is 49.6 Å². The summed E-state index contributed by atoms with van der Waals surface area (Å²) < 4.78 is 0. The third kappa shape index (κ3) is 4.56. The maximum absolute atomic E-state index is 12.8. The van der Waals surface area contributed by atoms with Crippen molar-refractivity contribution in [2.24, 2.45) is 0 Å². The van der Waals surface area contributed by atoms with Crippen LogP contribution in [0.25, 0.3) is 0 Å². The van der Waals surface area contributed by atoms with Crippen LogP contribution in [0.2, 0.25) is 0 Å². The van der Waals surface area contributed by atoms with Gasteiger partial charge in [0, 0.05) is 37.3 Å². The van der Waals surface area contributed by atoms with Crippen LogP contribution in [0.5, 0.6) is 0 Å². The van der Waals surface area contributed by atoms with Gasteiger partial charge in [0.2, 0.25) is 5.91 Å². The molecule has 2 atom stereocenters. The van der Waals surface area contributed by atoms with Gasteiger partial charge in [-0.3, -0.25) is 4.79 Å². The number of benzene rings is 1. The molecule has 2 fully saturated rings. The molecule has 2 aliphatic heterocycles. The van der Waals surface area contributed by atoms with Gasteiger partial charge in [-0.25, -0.2) is 0 Å². The van der Waals surface area contributed by atoms with E-state index >= 15 is 0 Å². The first-order valence-electron chi connectivity index (χ1n) is 8.56. The third-order valence-electron chi connectivity index (χ3n) is 5.27. The first-order valence-corrected chi connectivity index (χ1v) is 8.56. The van der Waals surface area contributed by atoms with E-state index in [1.165, 1.54) is 12.8 Å². The molecule has 2 bridgehead atoms. The number of carbonyl (C=O) groups is 1. The number of aryl methyl sites for hydroxylation is 1. The Morgan fingerprint density at radius 2 is 1.88 bits per heavy atom. The third-order valence-corrected chi connectivity index (χ3v) is 5.27. The van der Waals surface area contributed by atoms with Gasteiger partial charge in [-0.05, 0) is 43.9 Å². The summed E-state index contributed by atoms with van der Waals surface area (Å²) in [6, 6.07) is 8.75. The lowest BCUT2D eigenvalue weighted by Crippen LogP contribution is -2.43. The number of nitrogens with zero attached hydrogens (tertiary/aromatic N) is 2. The first kappa shape index (κ1) is 21.1. The van der Waals surface area contributed by atoms with E-state index in [1.54, 1.807) is 0 Å². The van der Waals surface area contributed by atoms with E-state index in [0.29, 0.717) is 24.4 Å². The van der Waals surface area contributed by atoms with Crippen LogP contribution in [-0.2, 0) is 11.2 Å². The first-order chi connectivity index (χ1) is 10.7. The number of hydrogen-bond acceptors (Lipinski definition) is 3. The number of nitrogen functional groups attached to an aromatic ring is 1. The van der Waals surface area contributed by atoms with Gasteiger partial charge in [-0.2, -0.15) is 0 Å². The van der Waals surface area contributed by atoms with Gasteiger partial charge in [0.25, 0.3) is 0 Å². The monoisotopic (exact) mass is 373 g/mol. The SMILES string of the molecule is CCN1CCC2CCC(C1)N2C(=O)CCc1ccccc1N.Cl.Cl. The minimum atomic E-state index is 0. The Morgan fingerprint density at radius 1 is 1.17 bits per heavy atom. The van der Waals surface area contributed by atoms with Gasteiger partial charge in [0.1, 0.15) is 0 Å². The van der Waals surface area contributed by atoms with Gasteiger partial charge < -0.3 is 15.5 Å². The number of likely N-dealkylation sites (N-methyl/N-ethyl adjacent to an activating group) is 1. The Labute approximate surface area is 157 Å². The molecule has 1 aromatic carbocycles. The van der Waals surface area contributed by atoms with E-state index < -0.39 is 0 Å². The van der Waals surface area contributed by atoms with Crippen LogP contribution in [0.1, 0.15) is 38.2 Å². The van der Waals surface area contributed by atoms with Gasteiger partial charge in [-0.15, -0.1) is 24.8 Å². The molecule has 0 aromatic heterocycles. The van der Waals surface area contributed by atoms with Crippen LogP contribution >= 0.6 is 24.8 Å². The maximum Gasteiger partial charge on any atom is 0.223 e. The fourth-order valence-corrected chi connectivity index (χ4v) is 3.97. The Morgan fingerprint density at radius 3 is 2.58 bits per heavy atom. The summed E-state index contributed by atoms with van der Waals surface area (Å²) in [4.78, 5) is 17.4. The van der Waals surface area contributed by atoms with Crippen LogP contribution in [0.4, 0.5) is 5.69 Å². The summed E-state index contributed by atoms with van der Waals surface area (Å²) in [6.07, 6.45) is 4.80. The molecule has 2 heterocycles. The maximum atomic E-state index is 12.8. The Hall–Kier alpha value is -0.970. The number of amides is 1. The second kappa shape index (κ2) is 9.50. The number of likely N-dealkylation sites (tertiary alicyclic amines) is 1. The molecule has 2 saturated heterocycles. The van der Waals surface area contributed by atoms with E-state index in [0.717, 1.165) is 43.7 Å². The number of rotatable bonds is 4. The number of para-hydroxylation sites is 1. The molecule has 24 heavy (non-hydrogen) atoms. The van der Waals surface area contributed by atoms with Crippen LogP contribution in [0, 0.1) is 0 Å². The largest absolute Gasteiger partial charge is 0.399 e. The molecule has 6 heteroatoms. The quantitative estimate of drug-likeness (QED) is 0.824. The van der Waals surface area contributed by atoms with Crippen molar-refractivity contribution in [2.75, 3.05) is 25.4 Å². The lowest BCUT2D eigenvalue weighted by Gasteiger charge is -2.29. The number of halogens is 2. The Balaban J connectivity index is 0.00000144. The normalized spacial score (nSPS) is 23.1. The van der Waals surface area contributed by atoms with Gasteiger partial charge in [-0.1, -0.05) is 25.1 Å². The van der Waals surface area contributed by atoms with Crippen molar-refractivity contribution in [3.05, 3.63) is 29.8 Å². The number of anilines is 1. The zero-order chi connectivity index (χ0) is 15.5. The smallest absolute Gasteiger partial charge is 0.223 e. The molecule has 2 N–H and O–H groups in total. The zero-order valence-electron chi connectivity index (χ0n) is 14.3. The number of fused-ring (bicyclic) bond motifs is 2. The van der Waals surface area contributed by atoms with E-state index in [9.17, 15) is 4.79 Å². The van der Waals surface area contributed by atoms with E-state index in [4.69, 9.17) is 5.73 Å². The number of carbonyl (C=O) groups excluding carboxylic acids is 1. The van der Waals surface area contributed by atoms with Crippen molar-refractivity contribution in [1.29, 1.82) is 0 Å². The van der Waals surface area contributed by atoms with Crippen LogP contribution in [-0.4, -0.2) is 47.4 Å². The molecule has 2 aliphatic rings. The Kier molecular flexibility index (Phi) is 8.34. The second-order valence-electron chi connectivity index (χ2n) is 6.57. The molecule has 1 aromatic rings. The summed E-state index contributed by atoms with van der Waals surface area (Å²) >= 11 is 0. The molecule has 2 unspecified atom stereocenters. The summed E-state index contributed by atoms with van der Waals surface area (Å²) in [5, 5.41) is 0. The lowest BCUT2D eigenvalue weighted by molar-refractivity contribution is -0.133. The molecular formula is C18H29Cl2N3O. The van der Waals surface area contributed by atoms with Gasteiger partial charge in [0.15, 0.2) is 0 Å². The van der Waals surface area contributed by atoms with Crippen molar-refractivity contribution in [3.8, 4) is 0 Å². The minimum absolute atomic E-state index is 0. The molecule has 3 rings (SSSR count). The summed E-state index contributed by atoms with van der Waals surface area (Å²) in [7, 11) is 0. The second-order valence-corrected chi connectivity index (χ2v) is 6.57. The fraction of sp³-hybridized carbons (Fsp3) is 0.611. The van der Waals surface area contributed by atoms with Crippen molar-refractivity contribution in [3.63, 3.8) is 0 Å². The van der Waals surface area contributed by atoms with E-state index in [1.807, 2.05) is 24.3 Å². The molecule has 0 saturated carbocycles.